The molecule has 1 aromatic rings. The van der Waals surface area contributed by atoms with Gasteiger partial charge in [0.25, 0.3) is 5.91 Å². The number of hydrogen-bond donors (Lipinski definition) is 2. The average Bonchev–Trinajstić information content (AvgIpc) is 3.16. The Balaban J connectivity index is 2.07. The highest BCUT2D eigenvalue weighted by Crippen LogP contribution is 2.43. The molecular weight excluding hydrogens is 264 g/mol. The fraction of sp³-hybridized carbons (Fsp3) is 0.462. The van der Waals surface area contributed by atoms with Crippen molar-refractivity contribution in [3.8, 4) is 0 Å². The Labute approximate surface area is 113 Å². The third-order valence-corrected chi connectivity index (χ3v) is 4.65. The number of benzene rings is 1. The largest absolute Gasteiger partial charge is 0.351 e. The highest BCUT2D eigenvalue weighted by Gasteiger charge is 2.41. The number of carbonyl (C=O) groups excluding carboxylic acids is 1. The van der Waals surface area contributed by atoms with Crippen molar-refractivity contribution < 1.29 is 13.2 Å². The van der Waals surface area contributed by atoms with E-state index in [0.29, 0.717) is 18.7 Å². The molecule has 0 bridgehead atoms. The molecule has 1 fully saturated rings. The molecule has 1 aromatic carbocycles. The summed E-state index contributed by atoms with van der Waals surface area (Å²) in [5.41, 5.74) is 6.06. The van der Waals surface area contributed by atoms with Crippen molar-refractivity contribution in [2.24, 2.45) is 11.1 Å². The minimum absolute atomic E-state index is 0.0596. The van der Waals surface area contributed by atoms with Crippen LogP contribution in [-0.2, 0) is 9.84 Å². The van der Waals surface area contributed by atoms with E-state index >= 15 is 0 Å². The Morgan fingerprint density at radius 1 is 1.42 bits per heavy atom. The smallest absolute Gasteiger partial charge is 0.251 e. The van der Waals surface area contributed by atoms with Crippen LogP contribution in [0.25, 0.3) is 0 Å². The average molecular weight is 282 g/mol. The molecule has 1 saturated carbocycles. The Bertz CT molecular complexity index is 592. The van der Waals surface area contributed by atoms with E-state index in [4.69, 9.17) is 5.73 Å². The zero-order valence-electron chi connectivity index (χ0n) is 10.8. The van der Waals surface area contributed by atoms with Gasteiger partial charge in [0.1, 0.15) is 0 Å². The second-order valence-electron chi connectivity index (χ2n) is 5.19. The fourth-order valence-electron chi connectivity index (χ4n) is 1.87. The molecule has 0 unspecified atom stereocenters. The van der Waals surface area contributed by atoms with E-state index in [1.807, 2.05) is 0 Å². The summed E-state index contributed by atoms with van der Waals surface area (Å²) >= 11 is 0. The summed E-state index contributed by atoms with van der Waals surface area (Å²) in [6, 6.07) is 6.05. The Hall–Kier alpha value is -1.40. The predicted octanol–water partition coefficient (Wildman–Crippen LogP) is 0.559. The summed E-state index contributed by atoms with van der Waals surface area (Å²) in [7, 11) is -3.29. The van der Waals surface area contributed by atoms with Crippen LogP contribution in [0.2, 0.25) is 0 Å². The number of amides is 1. The molecule has 104 valence electrons. The van der Waals surface area contributed by atoms with Gasteiger partial charge in [-0.25, -0.2) is 8.42 Å². The number of rotatable bonds is 5. The van der Waals surface area contributed by atoms with Gasteiger partial charge in [-0.2, -0.15) is 0 Å². The number of nitrogens with one attached hydrogen (secondary N) is 1. The van der Waals surface area contributed by atoms with Crippen molar-refractivity contribution in [3.63, 3.8) is 0 Å². The standard InChI is InChI=1S/C13H18N2O3S/c1-19(17,18)11-4-2-3-10(7-11)12(16)15-9-13(8-14)5-6-13/h2-4,7H,5-6,8-9,14H2,1H3,(H,15,16). The van der Waals surface area contributed by atoms with Crippen molar-refractivity contribution in [2.75, 3.05) is 19.3 Å². The van der Waals surface area contributed by atoms with Gasteiger partial charge < -0.3 is 11.1 Å². The summed E-state index contributed by atoms with van der Waals surface area (Å²) in [4.78, 5) is 12.1. The summed E-state index contributed by atoms with van der Waals surface area (Å²) in [5, 5.41) is 2.82. The lowest BCUT2D eigenvalue weighted by Gasteiger charge is -2.13. The normalized spacial score (nSPS) is 16.9. The Morgan fingerprint density at radius 3 is 2.63 bits per heavy atom. The van der Waals surface area contributed by atoms with Crippen molar-refractivity contribution in [2.45, 2.75) is 17.7 Å². The van der Waals surface area contributed by atoms with Crippen LogP contribution < -0.4 is 11.1 Å². The number of nitrogens with two attached hydrogens (primary N) is 1. The summed E-state index contributed by atoms with van der Waals surface area (Å²) in [6.45, 7) is 1.11. The zero-order chi connectivity index (χ0) is 14.1. The van der Waals surface area contributed by atoms with Gasteiger partial charge in [-0.05, 0) is 37.6 Å². The Kier molecular flexibility index (Phi) is 3.64. The summed E-state index contributed by atoms with van der Waals surface area (Å²) in [5.74, 6) is -0.259. The Morgan fingerprint density at radius 2 is 2.11 bits per heavy atom. The van der Waals surface area contributed by atoms with Crippen molar-refractivity contribution in [1.29, 1.82) is 0 Å². The third kappa shape index (κ3) is 3.33. The van der Waals surface area contributed by atoms with Crippen LogP contribution in [-0.4, -0.2) is 33.7 Å². The fourth-order valence-corrected chi connectivity index (χ4v) is 2.53. The quantitative estimate of drug-likeness (QED) is 0.825. The topological polar surface area (TPSA) is 89.3 Å². The zero-order valence-corrected chi connectivity index (χ0v) is 11.7. The molecule has 3 N–H and O–H groups in total. The third-order valence-electron chi connectivity index (χ3n) is 3.54. The van der Waals surface area contributed by atoms with Crippen LogP contribution in [0, 0.1) is 5.41 Å². The maximum Gasteiger partial charge on any atom is 0.251 e. The van der Waals surface area contributed by atoms with Gasteiger partial charge in [0.2, 0.25) is 0 Å². The van der Waals surface area contributed by atoms with Gasteiger partial charge in [0.15, 0.2) is 9.84 Å². The van der Waals surface area contributed by atoms with Crippen molar-refractivity contribution in [3.05, 3.63) is 29.8 Å². The first kappa shape index (κ1) is 14.0. The van der Waals surface area contributed by atoms with Crippen LogP contribution >= 0.6 is 0 Å². The molecular formula is C13H18N2O3S. The molecule has 0 radical (unpaired) electrons. The minimum Gasteiger partial charge on any atom is -0.351 e. The van der Waals surface area contributed by atoms with Gasteiger partial charge in [-0.15, -0.1) is 0 Å². The number of hydrogen-bond acceptors (Lipinski definition) is 4. The highest BCUT2D eigenvalue weighted by atomic mass is 32.2. The number of sulfone groups is 1. The van der Waals surface area contributed by atoms with Crippen LogP contribution in [0.5, 0.6) is 0 Å². The number of carbonyl (C=O) groups is 1. The first-order valence-corrected chi connectivity index (χ1v) is 8.04. The molecule has 1 amide bonds. The predicted molar refractivity (Wildman–Crippen MR) is 72.6 cm³/mol. The van der Waals surface area contributed by atoms with Crippen molar-refractivity contribution in [1.82, 2.24) is 5.32 Å². The first-order valence-electron chi connectivity index (χ1n) is 6.15. The lowest BCUT2D eigenvalue weighted by atomic mass is 10.1. The van der Waals surface area contributed by atoms with E-state index in [1.54, 1.807) is 12.1 Å². The second kappa shape index (κ2) is 4.94. The molecule has 2 rings (SSSR count). The molecule has 6 heteroatoms. The van der Waals surface area contributed by atoms with Crippen LogP contribution in [0.3, 0.4) is 0 Å². The van der Waals surface area contributed by atoms with Gasteiger partial charge >= 0.3 is 0 Å². The maximum atomic E-state index is 12.0. The first-order chi connectivity index (χ1) is 8.86. The van der Waals surface area contributed by atoms with Crippen LogP contribution in [0.1, 0.15) is 23.2 Å². The van der Waals surface area contributed by atoms with E-state index < -0.39 is 9.84 Å². The molecule has 19 heavy (non-hydrogen) atoms. The molecule has 0 aromatic heterocycles. The molecule has 0 spiro atoms. The van der Waals surface area contributed by atoms with Gasteiger partial charge in [0.05, 0.1) is 4.90 Å². The highest BCUT2D eigenvalue weighted by molar-refractivity contribution is 7.90. The van der Waals surface area contributed by atoms with E-state index in [1.165, 1.54) is 12.1 Å². The molecule has 0 heterocycles. The van der Waals surface area contributed by atoms with E-state index in [2.05, 4.69) is 5.32 Å². The van der Waals surface area contributed by atoms with Gasteiger partial charge in [-0.1, -0.05) is 6.07 Å². The van der Waals surface area contributed by atoms with E-state index in [-0.39, 0.29) is 16.2 Å². The van der Waals surface area contributed by atoms with Gasteiger partial charge in [0, 0.05) is 23.8 Å². The van der Waals surface area contributed by atoms with Crippen molar-refractivity contribution >= 4 is 15.7 Å². The van der Waals surface area contributed by atoms with Gasteiger partial charge in [-0.3, -0.25) is 4.79 Å². The molecule has 1 aliphatic rings. The minimum atomic E-state index is -3.29. The molecule has 1 aliphatic carbocycles. The lowest BCUT2D eigenvalue weighted by molar-refractivity contribution is 0.0945. The molecule has 0 saturated heterocycles. The summed E-state index contributed by atoms with van der Waals surface area (Å²) < 4.78 is 22.9. The lowest BCUT2D eigenvalue weighted by Crippen LogP contribution is -2.33. The second-order valence-corrected chi connectivity index (χ2v) is 7.20. The molecule has 0 aliphatic heterocycles. The summed E-state index contributed by atoms with van der Waals surface area (Å²) in [6.07, 6.45) is 3.19. The molecule has 5 nitrogen and oxygen atoms in total. The maximum absolute atomic E-state index is 12.0. The SMILES string of the molecule is CS(=O)(=O)c1cccc(C(=O)NCC2(CN)CC2)c1. The van der Waals surface area contributed by atoms with E-state index in [0.717, 1.165) is 19.1 Å². The molecule has 0 atom stereocenters. The monoisotopic (exact) mass is 282 g/mol. The van der Waals surface area contributed by atoms with E-state index in [9.17, 15) is 13.2 Å². The van der Waals surface area contributed by atoms with Crippen LogP contribution in [0.4, 0.5) is 0 Å². The van der Waals surface area contributed by atoms with Crippen LogP contribution in [0.15, 0.2) is 29.2 Å².